The van der Waals surface area contributed by atoms with Crippen LogP contribution in [0.25, 0.3) is 22.3 Å². The third-order valence-corrected chi connectivity index (χ3v) is 4.38. The zero-order valence-electron chi connectivity index (χ0n) is 12.9. The van der Waals surface area contributed by atoms with Gasteiger partial charge in [-0.25, -0.2) is 13.8 Å². The molecule has 0 amide bonds. The van der Waals surface area contributed by atoms with Crippen LogP contribution >= 0.6 is 12.2 Å². The molecule has 0 bridgehead atoms. The van der Waals surface area contributed by atoms with Crippen LogP contribution in [-0.2, 0) is 7.05 Å². The molecule has 0 unspecified atom stereocenters. The van der Waals surface area contributed by atoms with Crippen molar-refractivity contribution in [1.29, 1.82) is 0 Å². The Morgan fingerprint density at radius 3 is 2.80 bits per heavy atom. The van der Waals surface area contributed by atoms with Crippen molar-refractivity contribution in [2.75, 3.05) is 6.79 Å². The van der Waals surface area contributed by atoms with Gasteiger partial charge in [-0.15, -0.1) is 0 Å². The van der Waals surface area contributed by atoms with Crippen LogP contribution in [-0.4, -0.2) is 21.3 Å². The van der Waals surface area contributed by atoms with Crippen LogP contribution in [0.15, 0.2) is 29.1 Å². The molecule has 1 aliphatic rings. The predicted molar refractivity (Wildman–Crippen MR) is 88.7 cm³/mol. The zero-order valence-corrected chi connectivity index (χ0v) is 13.7. The SMILES string of the molecule is Cn1c(=S)[nH]c(=O)c2c(C(F)F)cc(-c3ccc4c(c3)OCO4)nc21. The molecule has 1 aromatic carbocycles. The fourth-order valence-electron chi connectivity index (χ4n) is 2.74. The Bertz CT molecular complexity index is 1120. The molecule has 6 nitrogen and oxygen atoms in total. The van der Waals surface area contributed by atoms with Gasteiger partial charge in [0.15, 0.2) is 16.3 Å². The van der Waals surface area contributed by atoms with Crippen LogP contribution in [0.2, 0.25) is 0 Å². The second kappa shape index (κ2) is 5.62. The first-order valence-electron chi connectivity index (χ1n) is 7.28. The Kier molecular flexibility index (Phi) is 3.53. The van der Waals surface area contributed by atoms with E-state index in [0.717, 1.165) is 0 Å². The summed E-state index contributed by atoms with van der Waals surface area (Å²) >= 11 is 5.05. The number of aryl methyl sites for hydroxylation is 1. The van der Waals surface area contributed by atoms with Gasteiger partial charge >= 0.3 is 0 Å². The van der Waals surface area contributed by atoms with Gasteiger partial charge < -0.3 is 14.0 Å². The summed E-state index contributed by atoms with van der Waals surface area (Å²) in [6, 6.07) is 6.25. The Balaban J connectivity index is 2.04. The number of nitrogens with one attached hydrogen (secondary N) is 1. The van der Waals surface area contributed by atoms with Gasteiger partial charge in [0.05, 0.1) is 11.1 Å². The third-order valence-electron chi connectivity index (χ3n) is 4.00. The number of nitrogens with zero attached hydrogens (tertiary/aromatic N) is 2. The number of aromatic amines is 1. The number of alkyl halides is 2. The second-order valence-electron chi connectivity index (χ2n) is 5.48. The smallest absolute Gasteiger partial charge is 0.264 e. The van der Waals surface area contributed by atoms with E-state index >= 15 is 0 Å². The molecule has 9 heteroatoms. The number of hydrogen-bond donors (Lipinski definition) is 1. The zero-order chi connectivity index (χ0) is 17.7. The summed E-state index contributed by atoms with van der Waals surface area (Å²) in [7, 11) is 1.56. The van der Waals surface area contributed by atoms with Crippen LogP contribution < -0.4 is 15.0 Å². The lowest BCUT2D eigenvalue weighted by molar-refractivity contribution is 0.153. The maximum absolute atomic E-state index is 13.6. The average Bonchev–Trinajstić information content (AvgIpc) is 3.06. The second-order valence-corrected chi connectivity index (χ2v) is 5.87. The van der Waals surface area contributed by atoms with Crippen LogP contribution in [0.4, 0.5) is 8.78 Å². The number of benzene rings is 1. The van der Waals surface area contributed by atoms with E-state index in [-0.39, 0.29) is 28.3 Å². The topological polar surface area (TPSA) is 69.1 Å². The van der Waals surface area contributed by atoms with Crippen molar-refractivity contribution in [2.24, 2.45) is 7.05 Å². The van der Waals surface area contributed by atoms with Gasteiger partial charge in [0, 0.05) is 18.2 Å². The maximum atomic E-state index is 13.6. The van der Waals surface area contributed by atoms with Crippen LogP contribution in [0.3, 0.4) is 0 Å². The molecule has 1 N–H and O–H groups in total. The Labute approximate surface area is 144 Å². The van der Waals surface area contributed by atoms with E-state index in [1.807, 2.05) is 0 Å². The highest BCUT2D eigenvalue weighted by atomic mass is 32.1. The standard InChI is InChI=1S/C16H11F2N3O3S/c1-21-14-12(15(22)20-16(21)25)8(13(17)18)5-9(19-14)7-2-3-10-11(4-7)24-6-23-10/h2-5,13H,6H2,1H3,(H,20,22,25). The summed E-state index contributed by atoms with van der Waals surface area (Å²) in [5.74, 6) is 1.09. The molecule has 0 atom stereocenters. The van der Waals surface area contributed by atoms with E-state index < -0.39 is 17.5 Å². The van der Waals surface area contributed by atoms with Gasteiger partial charge in [0.25, 0.3) is 12.0 Å². The van der Waals surface area contributed by atoms with Crippen molar-refractivity contribution in [3.63, 3.8) is 0 Å². The van der Waals surface area contributed by atoms with Crippen molar-refractivity contribution < 1.29 is 18.3 Å². The molecule has 0 spiro atoms. The maximum Gasteiger partial charge on any atom is 0.264 e. The van der Waals surface area contributed by atoms with Crippen molar-refractivity contribution in [2.45, 2.75) is 6.43 Å². The first kappa shape index (κ1) is 15.7. The van der Waals surface area contributed by atoms with E-state index in [4.69, 9.17) is 21.7 Å². The first-order valence-corrected chi connectivity index (χ1v) is 7.68. The highest BCUT2D eigenvalue weighted by molar-refractivity contribution is 7.71. The van der Waals surface area contributed by atoms with Crippen LogP contribution in [0.5, 0.6) is 11.5 Å². The van der Waals surface area contributed by atoms with Crippen molar-refractivity contribution in [3.05, 3.63) is 45.0 Å². The lowest BCUT2D eigenvalue weighted by atomic mass is 10.1. The molecule has 3 heterocycles. The Morgan fingerprint density at radius 1 is 1.28 bits per heavy atom. The Hall–Kier alpha value is -2.81. The molecule has 0 saturated carbocycles. The van der Waals surface area contributed by atoms with Gasteiger partial charge in [-0.3, -0.25) is 9.78 Å². The first-order chi connectivity index (χ1) is 12.0. The fourth-order valence-corrected chi connectivity index (χ4v) is 2.92. The molecular formula is C16H11F2N3O3S. The molecule has 0 saturated heterocycles. The van der Waals surface area contributed by atoms with Crippen LogP contribution in [0, 0.1) is 4.77 Å². The molecule has 2 aromatic heterocycles. The molecule has 1 aliphatic heterocycles. The molecule has 128 valence electrons. The minimum absolute atomic E-state index is 0.0965. The van der Waals surface area contributed by atoms with Gasteiger partial charge in [-0.05, 0) is 36.5 Å². The van der Waals surface area contributed by atoms with E-state index in [1.165, 1.54) is 10.6 Å². The number of H-pyrrole nitrogens is 1. The summed E-state index contributed by atoms with van der Waals surface area (Å²) in [6.07, 6.45) is -2.84. The lowest BCUT2D eigenvalue weighted by Crippen LogP contribution is -2.16. The summed E-state index contributed by atoms with van der Waals surface area (Å²) in [5, 5.41) is -0.171. The van der Waals surface area contributed by atoms with Gasteiger partial charge in [0.2, 0.25) is 6.79 Å². The summed E-state index contributed by atoms with van der Waals surface area (Å²) < 4.78 is 39.2. The molecule has 25 heavy (non-hydrogen) atoms. The number of ether oxygens (including phenoxy) is 2. The number of fused-ring (bicyclic) bond motifs is 2. The quantitative estimate of drug-likeness (QED) is 0.708. The number of rotatable bonds is 2. The average molecular weight is 363 g/mol. The minimum atomic E-state index is -2.84. The minimum Gasteiger partial charge on any atom is -0.454 e. The highest BCUT2D eigenvalue weighted by Gasteiger charge is 2.21. The number of pyridine rings is 1. The Morgan fingerprint density at radius 2 is 2.04 bits per heavy atom. The predicted octanol–water partition coefficient (Wildman–Crippen LogP) is 3.32. The van der Waals surface area contributed by atoms with E-state index in [2.05, 4.69) is 9.97 Å². The number of aromatic nitrogens is 3. The van der Waals surface area contributed by atoms with Gasteiger partial charge in [-0.2, -0.15) is 0 Å². The molecule has 0 aliphatic carbocycles. The monoisotopic (exact) mass is 363 g/mol. The largest absolute Gasteiger partial charge is 0.454 e. The number of halogens is 2. The van der Waals surface area contributed by atoms with Gasteiger partial charge in [0.1, 0.15) is 5.65 Å². The molecule has 0 radical (unpaired) electrons. The molecule has 0 fully saturated rings. The highest BCUT2D eigenvalue weighted by Crippen LogP contribution is 2.37. The normalized spacial score (nSPS) is 13.0. The lowest BCUT2D eigenvalue weighted by Gasteiger charge is -2.12. The molecule has 3 aromatic rings. The van der Waals surface area contributed by atoms with E-state index in [1.54, 1.807) is 25.2 Å². The summed E-state index contributed by atoms with van der Waals surface area (Å²) in [5.41, 5.74) is -0.127. The summed E-state index contributed by atoms with van der Waals surface area (Å²) in [6.45, 7) is 0.107. The molecule has 4 rings (SSSR count). The van der Waals surface area contributed by atoms with Crippen molar-refractivity contribution in [3.8, 4) is 22.8 Å². The fraction of sp³-hybridized carbons (Fsp3) is 0.188. The van der Waals surface area contributed by atoms with E-state index in [9.17, 15) is 13.6 Å². The van der Waals surface area contributed by atoms with Crippen molar-refractivity contribution >= 4 is 23.3 Å². The van der Waals surface area contributed by atoms with Crippen molar-refractivity contribution in [1.82, 2.24) is 14.5 Å². The number of hydrogen-bond acceptors (Lipinski definition) is 5. The summed E-state index contributed by atoms with van der Waals surface area (Å²) in [4.78, 5) is 18.9. The van der Waals surface area contributed by atoms with Crippen LogP contribution in [0.1, 0.15) is 12.0 Å². The third kappa shape index (κ3) is 2.47. The van der Waals surface area contributed by atoms with E-state index in [0.29, 0.717) is 17.1 Å². The van der Waals surface area contributed by atoms with Gasteiger partial charge in [-0.1, -0.05) is 0 Å². The molecular weight excluding hydrogens is 352 g/mol.